The Labute approximate surface area is 115 Å². The molecule has 0 fully saturated rings. The first-order chi connectivity index (χ1) is 8.83. The van der Waals surface area contributed by atoms with Crippen LogP contribution in [0.25, 0.3) is 0 Å². The van der Waals surface area contributed by atoms with Crippen molar-refractivity contribution in [2.24, 2.45) is 0 Å². The lowest BCUT2D eigenvalue weighted by Crippen LogP contribution is -2.19. The van der Waals surface area contributed by atoms with Gasteiger partial charge in [-0.3, -0.25) is 0 Å². The molecule has 1 heterocycles. The van der Waals surface area contributed by atoms with E-state index in [9.17, 15) is 0 Å². The van der Waals surface area contributed by atoms with Gasteiger partial charge in [0, 0.05) is 11.0 Å². The van der Waals surface area contributed by atoms with Gasteiger partial charge in [-0.2, -0.15) is 0 Å². The molecule has 0 aliphatic carbocycles. The molecule has 0 radical (unpaired) electrons. The van der Waals surface area contributed by atoms with Crippen LogP contribution in [0.1, 0.15) is 17.2 Å². The molecule has 18 heavy (non-hydrogen) atoms. The second-order valence-electron chi connectivity index (χ2n) is 4.40. The molecule has 1 N–H and O–H groups in total. The third-order valence-electron chi connectivity index (χ3n) is 3.20. The van der Waals surface area contributed by atoms with Gasteiger partial charge in [-0.15, -0.1) is 0 Å². The average molecular weight is 304 g/mol. The number of halogens is 1. The molecule has 92 valence electrons. The number of hydrogen-bond donors (Lipinski definition) is 1. The molecule has 2 aromatic carbocycles. The van der Waals surface area contributed by atoms with Crippen molar-refractivity contribution < 1.29 is 4.74 Å². The third-order valence-corrected chi connectivity index (χ3v) is 3.73. The molecule has 3 rings (SSSR count). The minimum absolute atomic E-state index is 0.296. The second-order valence-corrected chi connectivity index (χ2v) is 5.31. The van der Waals surface area contributed by atoms with E-state index in [1.54, 1.807) is 0 Å². The van der Waals surface area contributed by atoms with Gasteiger partial charge < -0.3 is 10.1 Å². The first-order valence-corrected chi connectivity index (χ1v) is 6.82. The maximum absolute atomic E-state index is 5.82. The molecule has 1 atom stereocenters. The predicted molar refractivity (Wildman–Crippen MR) is 75.7 cm³/mol. The largest absolute Gasteiger partial charge is 0.492 e. The summed E-state index contributed by atoms with van der Waals surface area (Å²) in [5.41, 5.74) is 2.73. The van der Waals surface area contributed by atoms with Crippen molar-refractivity contribution in [1.82, 2.24) is 5.32 Å². The number of ether oxygens (including phenoxy) is 1. The van der Waals surface area contributed by atoms with Gasteiger partial charge in [0.1, 0.15) is 12.4 Å². The zero-order valence-corrected chi connectivity index (χ0v) is 11.5. The van der Waals surface area contributed by atoms with Crippen LogP contribution >= 0.6 is 15.9 Å². The summed E-state index contributed by atoms with van der Waals surface area (Å²) in [6.07, 6.45) is 0. The zero-order chi connectivity index (χ0) is 12.4. The van der Waals surface area contributed by atoms with E-state index in [0.717, 1.165) is 16.8 Å². The summed E-state index contributed by atoms with van der Waals surface area (Å²) in [4.78, 5) is 0. The van der Waals surface area contributed by atoms with Crippen LogP contribution in [0.5, 0.6) is 5.75 Å². The van der Waals surface area contributed by atoms with Crippen LogP contribution in [0.3, 0.4) is 0 Å². The van der Waals surface area contributed by atoms with Crippen molar-refractivity contribution in [2.45, 2.75) is 12.6 Å². The Hall–Kier alpha value is -1.32. The van der Waals surface area contributed by atoms with Crippen LogP contribution < -0.4 is 10.1 Å². The van der Waals surface area contributed by atoms with E-state index in [0.29, 0.717) is 12.6 Å². The number of fused-ring (bicyclic) bond motifs is 1. The van der Waals surface area contributed by atoms with Gasteiger partial charge >= 0.3 is 0 Å². The van der Waals surface area contributed by atoms with Crippen molar-refractivity contribution in [2.75, 3.05) is 6.61 Å². The molecule has 0 saturated heterocycles. The number of rotatable bonds is 3. The van der Waals surface area contributed by atoms with E-state index in [1.165, 1.54) is 11.1 Å². The van der Waals surface area contributed by atoms with Gasteiger partial charge in [0.2, 0.25) is 0 Å². The highest BCUT2D eigenvalue weighted by molar-refractivity contribution is 9.10. The standard InChI is InChI=1S/C15H14BrNO/c16-12-5-7-13(8-6-12)18-10-15-14-4-2-1-3-11(14)9-17-15/h1-8,15,17H,9-10H2. The number of hydrogen-bond acceptors (Lipinski definition) is 2. The molecule has 0 saturated carbocycles. The average Bonchev–Trinajstić information content (AvgIpc) is 2.82. The quantitative estimate of drug-likeness (QED) is 0.934. The second kappa shape index (κ2) is 5.12. The summed E-state index contributed by atoms with van der Waals surface area (Å²) in [5, 5.41) is 3.47. The van der Waals surface area contributed by atoms with E-state index in [4.69, 9.17) is 4.74 Å². The van der Waals surface area contributed by atoms with E-state index >= 15 is 0 Å². The van der Waals surface area contributed by atoms with Gasteiger partial charge in [-0.25, -0.2) is 0 Å². The minimum atomic E-state index is 0.296. The Morgan fingerprint density at radius 2 is 1.89 bits per heavy atom. The molecular weight excluding hydrogens is 290 g/mol. The Kier molecular flexibility index (Phi) is 3.35. The number of benzene rings is 2. The lowest BCUT2D eigenvalue weighted by atomic mass is 10.1. The lowest BCUT2D eigenvalue weighted by Gasteiger charge is -2.13. The minimum Gasteiger partial charge on any atom is -0.492 e. The van der Waals surface area contributed by atoms with Crippen LogP contribution in [-0.2, 0) is 6.54 Å². The monoisotopic (exact) mass is 303 g/mol. The van der Waals surface area contributed by atoms with Crippen LogP contribution in [0.15, 0.2) is 53.0 Å². The first kappa shape index (κ1) is 11.8. The predicted octanol–water partition coefficient (Wildman–Crippen LogP) is 3.67. The molecule has 2 aromatic rings. The zero-order valence-electron chi connectivity index (χ0n) is 9.90. The normalized spacial score (nSPS) is 17.5. The van der Waals surface area contributed by atoms with Gasteiger partial charge in [0.25, 0.3) is 0 Å². The Balaban J connectivity index is 1.67. The number of nitrogens with one attached hydrogen (secondary N) is 1. The van der Waals surface area contributed by atoms with E-state index in [2.05, 4.69) is 45.5 Å². The van der Waals surface area contributed by atoms with E-state index in [-0.39, 0.29) is 0 Å². The summed E-state index contributed by atoms with van der Waals surface area (Å²) in [7, 11) is 0. The Bertz CT molecular complexity index is 538. The van der Waals surface area contributed by atoms with Crippen LogP contribution in [0.4, 0.5) is 0 Å². The van der Waals surface area contributed by atoms with Crippen LogP contribution in [0, 0.1) is 0 Å². The van der Waals surface area contributed by atoms with E-state index in [1.807, 2.05) is 24.3 Å². The molecule has 0 bridgehead atoms. The van der Waals surface area contributed by atoms with Crippen LogP contribution in [-0.4, -0.2) is 6.61 Å². The smallest absolute Gasteiger partial charge is 0.119 e. The SMILES string of the molecule is Brc1ccc(OCC2NCc3ccccc32)cc1. The molecule has 0 spiro atoms. The fourth-order valence-electron chi connectivity index (χ4n) is 2.24. The molecule has 1 unspecified atom stereocenters. The highest BCUT2D eigenvalue weighted by atomic mass is 79.9. The highest BCUT2D eigenvalue weighted by Crippen LogP contribution is 2.26. The van der Waals surface area contributed by atoms with Crippen molar-refractivity contribution >= 4 is 15.9 Å². The van der Waals surface area contributed by atoms with Gasteiger partial charge in [0.15, 0.2) is 0 Å². The van der Waals surface area contributed by atoms with Crippen molar-refractivity contribution in [3.8, 4) is 5.75 Å². The molecular formula is C15H14BrNO. The summed E-state index contributed by atoms with van der Waals surface area (Å²) < 4.78 is 6.89. The van der Waals surface area contributed by atoms with Crippen LogP contribution in [0.2, 0.25) is 0 Å². The summed E-state index contributed by atoms with van der Waals surface area (Å²) in [6.45, 7) is 1.60. The summed E-state index contributed by atoms with van der Waals surface area (Å²) >= 11 is 3.42. The van der Waals surface area contributed by atoms with Crippen molar-refractivity contribution in [3.63, 3.8) is 0 Å². The molecule has 1 aliphatic heterocycles. The van der Waals surface area contributed by atoms with Crippen molar-refractivity contribution in [1.29, 1.82) is 0 Å². The maximum Gasteiger partial charge on any atom is 0.119 e. The molecule has 1 aliphatic rings. The lowest BCUT2D eigenvalue weighted by molar-refractivity contribution is 0.273. The molecule has 0 amide bonds. The Morgan fingerprint density at radius 1 is 1.11 bits per heavy atom. The Morgan fingerprint density at radius 3 is 2.72 bits per heavy atom. The molecule has 0 aromatic heterocycles. The molecule has 2 nitrogen and oxygen atoms in total. The van der Waals surface area contributed by atoms with Gasteiger partial charge in [0.05, 0.1) is 6.04 Å². The fourth-order valence-corrected chi connectivity index (χ4v) is 2.50. The summed E-state index contributed by atoms with van der Waals surface area (Å²) in [6, 6.07) is 16.7. The highest BCUT2D eigenvalue weighted by Gasteiger charge is 2.21. The first-order valence-electron chi connectivity index (χ1n) is 6.02. The van der Waals surface area contributed by atoms with Crippen molar-refractivity contribution in [3.05, 3.63) is 64.1 Å². The van der Waals surface area contributed by atoms with Gasteiger partial charge in [-0.1, -0.05) is 40.2 Å². The topological polar surface area (TPSA) is 21.3 Å². The third kappa shape index (κ3) is 2.42. The molecule has 3 heteroatoms. The fraction of sp³-hybridized carbons (Fsp3) is 0.200. The summed E-state index contributed by atoms with van der Waals surface area (Å²) in [5.74, 6) is 0.907. The van der Waals surface area contributed by atoms with Gasteiger partial charge in [-0.05, 0) is 35.4 Å². The van der Waals surface area contributed by atoms with E-state index < -0.39 is 0 Å². The maximum atomic E-state index is 5.82.